The van der Waals surface area contributed by atoms with E-state index in [0.717, 1.165) is 5.04 Å². The Balaban J connectivity index is 1.62. The molecule has 0 fully saturated rings. The van der Waals surface area contributed by atoms with Crippen molar-refractivity contribution >= 4 is 39.8 Å². The summed E-state index contributed by atoms with van der Waals surface area (Å²) in [6.07, 6.45) is 2.26. The average molecular weight is 408 g/mol. The molecule has 0 aromatic heterocycles. The van der Waals surface area contributed by atoms with Crippen LogP contribution in [0.1, 0.15) is 24.5 Å². The van der Waals surface area contributed by atoms with E-state index >= 15 is 0 Å². The lowest BCUT2D eigenvalue weighted by molar-refractivity contribution is -0.114. The zero-order valence-corrected chi connectivity index (χ0v) is 16.4. The number of hydrogen-bond acceptors (Lipinski definition) is 5. The van der Waals surface area contributed by atoms with Gasteiger partial charge < -0.3 is 4.74 Å². The number of aliphatic imine (C=N–C) groups is 1. The van der Waals surface area contributed by atoms with Crippen molar-refractivity contribution in [3.8, 4) is 5.75 Å². The van der Waals surface area contributed by atoms with E-state index in [2.05, 4.69) is 10.1 Å². The van der Waals surface area contributed by atoms with Crippen molar-refractivity contribution in [2.24, 2.45) is 10.1 Å². The number of carbonyl (C=O) groups is 1. The van der Waals surface area contributed by atoms with Crippen LogP contribution >= 0.6 is 11.8 Å². The fraction of sp³-hybridized carbons (Fsp3) is 0.143. The Hall–Kier alpha value is -3.26. The quantitative estimate of drug-likeness (QED) is 0.742. The summed E-state index contributed by atoms with van der Waals surface area (Å²) in [5.41, 5.74) is 1.15. The van der Waals surface area contributed by atoms with E-state index in [0.29, 0.717) is 28.5 Å². The minimum Gasteiger partial charge on any atom is -0.488 e. The molecular weight excluding hydrogens is 391 g/mol. The van der Waals surface area contributed by atoms with Gasteiger partial charge in [-0.2, -0.15) is 15.1 Å². The van der Waals surface area contributed by atoms with Crippen LogP contribution in [0, 0.1) is 11.2 Å². The lowest BCUT2D eigenvalue weighted by Gasteiger charge is -2.20. The molecular formula is C21H17FN4O2S. The third-order valence-electron chi connectivity index (χ3n) is 4.36. The fourth-order valence-corrected chi connectivity index (χ4v) is 3.66. The summed E-state index contributed by atoms with van der Waals surface area (Å²) >= 11 is 1.30. The molecule has 0 atom stereocenters. The van der Waals surface area contributed by atoms with Crippen LogP contribution in [-0.4, -0.2) is 27.0 Å². The van der Waals surface area contributed by atoms with Crippen molar-refractivity contribution in [3.05, 3.63) is 71.0 Å². The number of fused-ring (bicyclic) bond motifs is 1. The number of amidine groups is 2. The standard InChI is InChI=1S/C21H17FN4O2S/c1-2-18-25-26-19(23)15(20(27)24-21(26)29-18)11-13-7-4-6-10-17(13)28-12-14-8-3-5-9-16(14)22/h3-11,23H,2,12H2,1H3/b15-11+,23-19?. The number of carbonyl (C=O) groups excluding carboxylic acids is 1. The first-order chi connectivity index (χ1) is 14.1. The van der Waals surface area contributed by atoms with Crippen LogP contribution in [0.4, 0.5) is 4.39 Å². The van der Waals surface area contributed by atoms with Crippen LogP contribution in [0.3, 0.4) is 0 Å². The number of nitrogens with one attached hydrogen (secondary N) is 1. The van der Waals surface area contributed by atoms with Gasteiger partial charge in [0.15, 0.2) is 5.84 Å². The van der Waals surface area contributed by atoms with Gasteiger partial charge in [0.25, 0.3) is 5.91 Å². The van der Waals surface area contributed by atoms with Crippen molar-refractivity contribution in [1.82, 2.24) is 5.01 Å². The number of rotatable bonds is 5. The molecule has 6 nitrogen and oxygen atoms in total. The van der Waals surface area contributed by atoms with Crippen molar-refractivity contribution in [2.45, 2.75) is 20.0 Å². The molecule has 0 saturated heterocycles. The Kier molecular flexibility index (Phi) is 5.26. The first-order valence-corrected chi connectivity index (χ1v) is 9.82. The first-order valence-electron chi connectivity index (χ1n) is 9.01. The van der Waals surface area contributed by atoms with Gasteiger partial charge in [-0.1, -0.05) is 43.3 Å². The molecule has 1 amide bonds. The molecule has 1 N–H and O–H groups in total. The molecule has 0 unspecified atom stereocenters. The zero-order valence-electron chi connectivity index (χ0n) is 15.6. The molecule has 2 heterocycles. The van der Waals surface area contributed by atoms with E-state index in [1.807, 2.05) is 6.92 Å². The van der Waals surface area contributed by atoms with Gasteiger partial charge >= 0.3 is 0 Å². The van der Waals surface area contributed by atoms with Gasteiger partial charge in [0, 0.05) is 11.1 Å². The highest BCUT2D eigenvalue weighted by molar-refractivity contribution is 8.26. The third-order valence-corrected chi connectivity index (χ3v) is 5.41. The number of para-hydroxylation sites is 1. The van der Waals surface area contributed by atoms with Gasteiger partial charge in [-0.05, 0) is 36.4 Å². The van der Waals surface area contributed by atoms with Crippen LogP contribution in [0.2, 0.25) is 0 Å². The summed E-state index contributed by atoms with van der Waals surface area (Å²) in [5, 5.41) is 15.3. The van der Waals surface area contributed by atoms with Gasteiger partial charge in [-0.15, -0.1) is 0 Å². The number of benzene rings is 2. The Morgan fingerprint density at radius 3 is 2.76 bits per heavy atom. The molecule has 4 rings (SSSR count). The van der Waals surface area contributed by atoms with E-state index in [4.69, 9.17) is 10.1 Å². The van der Waals surface area contributed by atoms with E-state index in [1.165, 1.54) is 22.8 Å². The summed E-state index contributed by atoms with van der Waals surface area (Å²) in [6, 6.07) is 13.5. The second-order valence-electron chi connectivity index (χ2n) is 6.29. The minimum absolute atomic E-state index is 0.0279. The summed E-state index contributed by atoms with van der Waals surface area (Å²) in [7, 11) is 0. The van der Waals surface area contributed by atoms with Crippen molar-refractivity contribution < 1.29 is 13.9 Å². The van der Waals surface area contributed by atoms with E-state index < -0.39 is 5.91 Å². The Morgan fingerprint density at radius 1 is 1.21 bits per heavy atom. The maximum absolute atomic E-state index is 13.9. The Bertz CT molecular complexity index is 1090. The normalized spacial score (nSPS) is 17.3. The monoisotopic (exact) mass is 408 g/mol. The largest absolute Gasteiger partial charge is 0.488 e. The highest BCUT2D eigenvalue weighted by Crippen LogP contribution is 2.30. The van der Waals surface area contributed by atoms with Crippen LogP contribution in [0.15, 0.2) is 64.2 Å². The van der Waals surface area contributed by atoms with E-state index in [-0.39, 0.29) is 23.8 Å². The van der Waals surface area contributed by atoms with Gasteiger partial charge in [0.2, 0.25) is 5.17 Å². The highest BCUT2D eigenvalue weighted by atomic mass is 32.2. The first kappa shape index (κ1) is 19.1. The average Bonchev–Trinajstić information content (AvgIpc) is 3.14. The molecule has 0 bridgehead atoms. The number of ether oxygens (including phenoxy) is 1. The molecule has 8 heteroatoms. The second kappa shape index (κ2) is 8.00. The zero-order chi connectivity index (χ0) is 20.4. The fourth-order valence-electron chi connectivity index (χ4n) is 2.83. The summed E-state index contributed by atoms with van der Waals surface area (Å²) in [4.78, 5) is 16.6. The molecule has 2 aliphatic rings. The number of halogens is 1. The summed E-state index contributed by atoms with van der Waals surface area (Å²) < 4.78 is 19.6. The van der Waals surface area contributed by atoms with Crippen molar-refractivity contribution in [1.29, 1.82) is 5.41 Å². The summed E-state index contributed by atoms with van der Waals surface area (Å²) in [6.45, 7) is 2.00. The van der Waals surface area contributed by atoms with E-state index in [9.17, 15) is 9.18 Å². The Morgan fingerprint density at radius 2 is 1.97 bits per heavy atom. The molecule has 2 aromatic carbocycles. The maximum Gasteiger partial charge on any atom is 0.283 e. The number of nitrogens with zero attached hydrogens (tertiary/aromatic N) is 3. The third kappa shape index (κ3) is 3.84. The van der Waals surface area contributed by atoms with Crippen LogP contribution < -0.4 is 4.74 Å². The van der Waals surface area contributed by atoms with Crippen molar-refractivity contribution in [2.75, 3.05) is 0 Å². The van der Waals surface area contributed by atoms with E-state index in [1.54, 1.807) is 48.5 Å². The highest BCUT2D eigenvalue weighted by Gasteiger charge is 2.35. The molecule has 0 aliphatic carbocycles. The van der Waals surface area contributed by atoms with Crippen LogP contribution in [-0.2, 0) is 11.4 Å². The molecule has 2 aromatic rings. The molecule has 29 heavy (non-hydrogen) atoms. The Labute approximate surface area is 171 Å². The molecule has 0 spiro atoms. The lowest BCUT2D eigenvalue weighted by Crippen LogP contribution is -2.35. The SMILES string of the molecule is CCC1=NN2C(=N)/C(=C\c3ccccc3OCc3ccccc3F)C(=O)N=C2S1. The molecule has 0 radical (unpaired) electrons. The number of thioether (sulfide) groups is 1. The number of hydrogen-bond donors (Lipinski definition) is 1. The molecule has 146 valence electrons. The smallest absolute Gasteiger partial charge is 0.283 e. The van der Waals surface area contributed by atoms with Crippen LogP contribution in [0.5, 0.6) is 5.75 Å². The second-order valence-corrected chi connectivity index (χ2v) is 7.33. The topological polar surface area (TPSA) is 78.1 Å². The maximum atomic E-state index is 13.9. The van der Waals surface area contributed by atoms with Crippen LogP contribution in [0.25, 0.3) is 6.08 Å². The van der Waals surface area contributed by atoms with Crippen molar-refractivity contribution in [3.63, 3.8) is 0 Å². The predicted octanol–water partition coefficient (Wildman–Crippen LogP) is 4.43. The number of amides is 1. The van der Waals surface area contributed by atoms with Gasteiger partial charge in [0.05, 0.1) is 5.57 Å². The van der Waals surface area contributed by atoms with Gasteiger partial charge in [0.1, 0.15) is 23.2 Å². The lowest BCUT2D eigenvalue weighted by atomic mass is 10.1. The molecule has 0 saturated carbocycles. The number of hydrazone groups is 1. The predicted molar refractivity (Wildman–Crippen MR) is 112 cm³/mol. The van der Waals surface area contributed by atoms with Gasteiger partial charge in [-0.3, -0.25) is 10.2 Å². The summed E-state index contributed by atoms with van der Waals surface area (Å²) in [5.74, 6) is -0.386. The minimum atomic E-state index is -0.495. The molecule has 2 aliphatic heterocycles. The van der Waals surface area contributed by atoms with Gasteiger partial charge in [-0.25, -0.2) is 4.39 Å².